The van der Waals surface area contributed by atoms with Gasteiger partial charge in [0.15, 0.2) is 0 Å². The van der Waals surface area contributed by atoms with Crippen LogP contribution >= 0.6 is 0 Å². The molecule has 2 fully saturated rings. The summed E-state index contributed by atoms with van der Waals surface area (Å²) >= 11 is 0. The van der Waals surface area contributed by atoms with E-state index in [-0.39, 0.29) is 5.41 Å². The Hall–Kier alpha value is -1.35. The Morgan fingerprint density at radius 1 is 1.07 bits per heavy atom. The Labute approximate surface area is 183 Å². The van der Waals surface area contributed by atoms with Crippen LogP contribution in [0.25, 0.3) is 0 Å². The van der Waals surface area contributed by atoms with Crippen molar-refractivity contribution in [3.8, 4) is 5.75 Å². The molecule has 4 atom stereocenters. The zero-order chi connectivity index (χ0) is 21.1. The van der Waals surface area contributed by atoms with Crippen LogP contribution in [-0.2, 0) is 11.2 Å². The van der Waals surface area contributed by atoms with E-state index in [9.17, 15) is 4.79 Å². The Bertz CT molecular complexity index is 740. The van der Waals surface area contributed by atoms with Crippen molar-refractivity contribution in [2.24, 2.45) is 17.3 Å². The number of nitrogens with zero attached hydrogens (tertiary/aromatic N) is 1. The van der Waals surface area contributed by atoms with Crippen LogP contribution in [0.4, 0.5) is 0 Å². The minimum Gasteiger partial charge on any atom is -0.494 e. The van der Waals surface area contributed by atoms with Gasteiger partial charge in [0.1, 0.15) is 11.5 Å². The second-order valence-corrected chi connectivity index (χ2v) is 10.1. The van der Waals surface area contributed by atoms with E-state index in [0.29, 0.717) is 23.5 Å². The zero-order valence-electron chi connectivity index (χ0n) is 19.4. The van der Waals surface area contributed by atoms with Gasteiger partial charge in [0, 0.05) is 11.8 Å². The van der Waals surface area contributed by atoms with Crippen molar-refractivity contribution in [2.45, 2.75) is 84.5 Å². The highest BCUT2D eigenvalue weighted by molar-refractivity contribution is 5.87. The number of benzene rings is 1. The smallest absolute Gasteiger partial charge is 0.139 e. The minimum atomic E-state index is -0.0208. The van der Waals surface area contributed by atoms with E-state index in [4.69, 9.17) is 4.74 Å². The van der Waals surface area contributed by atoms with Crippen LogP contribution in [-0.4, -0.2) is 36.9 Å². The van der Waals surface area contributed by atoms with Crippen molar-refractivity contribution in [3.05, 3.63) is 29.3 Å². The van der Waals surface area contributed by atoms with Gasteiger partial charge in [-0.05, 0) is 112 Å². The number of fused-ring (bicyclic) bond motifs is 5. The third-order valence-corrected chi connectivity index (χ3v) is 8.69. The first-order chi connectivity index (χ1) is 14.6. The summed E-state index contributed by atoms with van der Waals surface area (Å²) in [4.78, 5) is 15.0. The maximum Gasteiger partial charge on any atom is 0.139 e. The van der Waals surface area contributed by atoms with Crippen molar-refractivity contribution in [1.29, 1.82) is 0 Å². The van der Waals surface area contributed by atoms with E-state index in [1.165, 1.54) is 37.8 Å². The summed E-state index contributed by atoms with van der Waals surface area (Å²) in [6, 6.07) is 6.86. The normalized spacial score (nSPS) is 30.1. The van der Waals surface area contributed by atoms with Crippen molar-refractivity contribution >= 4 is 5.78 Å². The summed E-state index contributed by atoms with van der Waals surface area (Å²) in [6.07, 6.45) is 10.3. The molecule has 1 aromatic rings. The number of rotatable bonds is 9. The fourth-order valence-electron chi connectivity index (χ4n) is 6.76. The van der Waals surface area contributed by atoms with Crippen molar-refractivity contribution in [2.75, 3.05) is 26.2 Å². The number of hydrogen-bond donors (Lipinski definition) is 0. The number of ketones is 1. The summed E-state index contributed by atoms with van der Waals surface area (Å²) in [5, 5.41) is 0. The van der Waals surface area contributed by atoms with Gasteiger partial charge in [-0.15, -0.1) is 0 Å². The van der Waals surface area contributed by atoms with Crippen molar-refractivity contribution in [3.63, 3.8) is 0 Å². The molecule has 3 aliphatic rings. The lowest BCUT2D eigenvalue weighted by molar-refractivity contribution is -0.129. The first-order valence-corrected chi connectivity index (χ1v) is 12.6. The number of carbonyl (C=O) groups is 1. The second kappa shape index (κ2) is 9.42. The molecule has 0 aliphatic heterocycles. The lowest BCUT2D eigenvalue weighted by Gasteiger charge is -2.48. The number of Topliss-reactive ketones (excluding diaryl/α,β-unsaturated/α-hetero) is 1. The molecular weight excluding hydrogens is 370 g/mol. The van der Waals surface area contributed by atoms with Crippen molar-refractivity contribution in [1.82, 2.24) is 4.90 Å². The summed E-state index contributed by atoms with van der Waals surface area (Å²) in [5.41, 5.74) is 3.04. The van der Waals surface area contributed by atoms with Gasteiger partial charge in [-0.2, -0.15) is 0 Å². The standard InChI is InChI=1S/C27H41NO2/c1-4-28(5-2)17-7-6-8-18-30-21-10-12-22-20(19-21)9-11-24-23(22)15-16-27(3)25(24)13-14-26(27)29/h10,12,19,23-25H,4-9,11,13-18H2,1-3H3/t23-,24-,25+,27+/m1/s1. The highest BCUT2D eigenvalue weighted by Crippen LogP contribution is 2.59. The topological polar surface area (TPSA) is 29.5 Å². The summed E-state index contributed by atoms with van der Waals surface area (Å²) < 4.78 is 6.11. The van der Waals surface area contributed by atoms with Gasteiger partial charge >= 0.3 is 0 Å². The third kappa shape index (κ3) is 4.20. The largest absolute Gasteiger partial charge is 0.494 e. The monoisotopic (exact) mass is 411 g/mol. The second-order valence-electron chi connectivity index (χ2n) is 10.1. The Kier molecular flexibility index (Phi) is 6.87. The highest BCUT2D eigenvalue weighted by atomic mass is 16.5. The van der Waals surface area contributed by atoms with E-state index in [0.717, 1.165) is 57.6 Å². The summed E-state index contributed by atoms with van der Waals surface area (Å²) in [6.45, 7) is 11.1. The third-order valence-electron chi connectivity index (χ3n) is 8.69. The molecule has 0 heterocycles. The molecule has 0 unspecified atom stereocenters. The van der Waals surface area contributed by atoms with Gasteiger partial charge in [0.05, 0.1) is 6.61 Å². The predicted octanol–water partition coefficient (Wildman–Crippen LogP) is 6.00. The van der Waals surface area contributed by atoms with E-state index in [1.807, 2.05) is 0 Å². The highest BCUT2D eigenvalue weighted by Gasteiger charge is 2.54. The number of aryl methyl sites for hydroxylation is 1. The number of hydrogen-bond acceptors (Lipinski definition) is 3. The average molecular weight is 412 g/mol. The Morgan fingerprint density at radius 2 is 1.90 bits per heavy atom. The van der Waals surface area contributed by atoms with Gasteiger partial charge in [0.25, 0.3) is 0 Å². The molecule has 3 nitrogen and oxygen atoms in total. The van der Waals surface area contributed by atoms with Crippen LogP contribution in [0, 0.1) is 17.3 Å². The number of ether oxygens (including phenoxy) is 1. The molecule has 2 saturated carbocycles. The minimum absolute atomic E-state index is 0.0208. The molecule has 3 aliphatic carbocycles. The van der Waals surface area contributed by atoms with Gasteiger partial charge in [-0.3, -0.25) is 4.79 Å². The lowest BCUT2D eigenvalue weighted by Crippen LogP contribution is -2.42. The van der Waals surface area contributed by atoms with Crippen LogP contribution < -0.4 is 4.74 Å². The first-order valence-electron chi connectivity index (χ1n) is 12.6. The predicted molar refractivity (Wildman–Crippen MR) is 123 cm³/mol. The number of unbranched alkanes of at least 4 members (excludes halogenated alkanes) is 2. The molecule has 0 amide bonds. The summed E-state index contributed by atoms with van der Waals surface area (Å²) in [5.74, 6) is 3.57. The van der Waals surface area contributed by atoms with Crippen molar-refractivity contribution < 1.29 is 9.53 Å². The van der Waals surface area contributed by atoms with Crippen LogP contribution in [0.1, 0.15) is 89.2 Å². The molecule has 0 bridgehead atoms. The average Bonchev–Trinajstić information content (AvgIpc) is 3.07. The Morgan fingerprint density at radius 3 is 2.70 bits per heavy atom. The van der Waals surface area contributed by atoms with E-state index >= 15 is 0 Å². The van der Waals surface area contributed by atoms with Crippen LogP contribution in [0.15, 0.2) is 18.2 Å². The quantitative estimate of drug-likeness (QED) is 0.467. The maximum absolute atomic E-state index is 12.5. The summed E-state index contributed by atoms with van der Waals surface area (Å²) in [7, 11) is 0. The fourth-order valence-corrected chi connectivity index (χ4v) is 6.76. The Balaban J connectivity index is 1.30. The SMILES string of the molecule is CCN(CC)CCCCCOc1ccc2c(c1)CC[C@@H]1[C@@H]2CC[C@]2(C)C(=O)CC[C@@H]12. The van der Waals surface area contributed by atoms with Gasteiger partial charge in [-0.25, -0.2) is 0 Å². The van der Waals surface area contributed by atoms with E-state index in [1.54, 1.807) is 5.56 Å². The molecule has 30 heavy (non-hydrogen) atoms. The molecule has 0 radical (unpaired) electrons. The molecule has 1 aromatic carbocycles. The molecule has 0 N–H and O–H groups in total. The molecule has 0 spiro atoms. The molecular formula is C27H41NO2. The number of carbonyl (C=O) groups excluding carboxylic acids is 1. The zero-order valence-corrected chi connectivity index (χ0v) is 19.4. The van der Waals surface area contributed by atoms with Crippen LogP contribution in [0.3, 0.4) is 0 Å². The lowest BCUT2D eigenvalue weighted by atomic mass is 9.55. The van der Waals surface area contributed by atoms with Gasteiger partial charge < -0.3 is 9.64 Å². The van der Waals surface area contributed by atoms with Crippen LogP contribution in [0.2, 0.25) is 0 Å². The molecule has 0 saturated heterocycles. The molecule has 4 rings (SSSR count). The molecule has 0 aromatic heterocycles. The van der Waals surface area contributed by atoms with Gasteiger partial charge in [-0.1, -0.05) is 26.8 Å². The molecule has 3 heteroatoms. The molecule has 166 valence electrons. The van der Waals surface area contributed by atoms with E-state index < -0.39 is 0 Å². The van der Waals surface area contributed by atoms with Crippen LogP contribution in [0.5, 0.6) is 5.75 Å². The first kappa shape index (κ1) is 21.9. The van der Waals surface area contributed by atoms with E-state index in [2.05, 4.69) is 43.9 Å². The fraction of sp³-hybridized carbons (Fsp3) is 0.741. The maximum atomic E-state index is 12.5. The van der Waals surface area contributed by atoms with Gasteiger partial charge in [0.2, 0.25) is 0 Å².